The second-order valence-corrected chi connectivity index (χ2v) is 9.51. The van der Waals surface area contributed by atoms with Crippen LogP contribution >= 0.6 is 11.3 Å². The summed E-state index contributed by atoms with van der Waals surface area (Å²) in [6, 6.07) is 1.94. The number of carbonyl (C=O) groups is 2. The molecule has 2 aromatic rings. The van der Waals surface area contributed by atoms with E-state index in [-0.39, 0.29) is 30.1 Å². The molecule has 0 spiro atoms. The molecule has 2 amide bonds. The second-order valence-electron chi connectivity index (χ2n) is 8.53. The van der Waals surface area contributed by atoms with Crippen LogP contribution in [0.5, 0.6) is 0 Å². The Balaban J connectivity index is 1.44. The minimum atomic E-state index is -0.220. The van der Waals surface area contributed by atoms with Gasteiger partial charge in [0.15, 0.2) is 0 Å². The standard InChI is InChI=1S/C20H29N7O2S/c1-13-12-14(2)22-18(21-13)27-10-8-26(9-11-27)16(29)7-6-15(28)23-19-25-24-17(30-19)20(3,4)5/h12H,6-11H2,1-5H3,(H,23,25,28). The lowest BCUT2D eigenvalue weighted by atomic mass is 9.98. The van der Waals surface area contributed by atoms with Crippen molar-refractivity contribution in [2.24, 2.45) is 0 Å². The van der Waals surface area contributed by atoms with E-state index in [9.17, 15) is 9.59 Å². The van der Waals surface area contributed by atoms with E-state index in [1.165, 1.54) is 11.3 Å². The highest BCUT2D eigenvalue weighted by molar-refractivity contribution is 7.15. The van der Waals surface area contributed by atoms with Crippen molar-refractivity contribution in [2.75, 3.05) is 36.4 Å². The molecule has 0 saturated carbocycles. The molecule has 1 saturated heterocycles. The van der Waals surface area contributed by atoms with Gasteiger partial charge in [0.2, 0.25) is 22.9 Å². The van der Waals surface area contributed by atoms with Gasteiger partial charge in [-0.3, -0.25) is 9.59 Å². The van der Waals surface area contributed by atoms with Crippen LogP contribution in [-0.2, 0) is 15.0 Å². The number of aryl methyl sites for hydroxylation is 2. The van der Waals surface area contributed by atoms with E-state index in [4.69, 9.17) is 0 Å². The van der Waals surface area contributed by atoms with Crippen molar-refractivity contribution >= 4 is 34.2 Å². The third kappa shape index (κ3) is 5.71. The van der Waals surface area contributed by atoms with Gasteiger partial charge in [0, 0.05) is 55.8 Å². The zero-order valence-corrected chi connectivity index (χ0v) is 19.0. The van der Waals surface area contributed by atoms with Gasteiger partial charge < -0.3 is 15.1 Å². The first kappa shape index (κ1) is 22.1. The molecule has 1 fully saturated rings. The van der Waals surface area contributed by atoms with Crippen molar-refractivity contribution in [2.45, 2.75) is 52.9 Å². The summed E-state index contributed by atoms with van der Waals surface area (Å²) < 4.78 is 0. The minimum Gasteiger partial charge on any atom is -0.339 e. The third-order valence-electron chi connectivity index (χ3n) is 4.76. The summed E-state index contributed by atoms with van der Waals surface area (Å²) in [4.78, 5) is 37.6. The number of aromatic nitrogens is 4. The van der Waals surface area contributed by atoms with Gasteiger partial charge in [0.25, 0.3) is 0 Å². The van der Waals surface area contributed by atoms with Crippen LogP contribution in [0.1, 0.15) is 50.0 Å². The van der Waals surface area contributed by atoms with Crippen LogP contribution in [0.4, 0.5) is 11.1 Å². The zero-order chi connectivity index (χ0) is 21.9. The number of hydrogen-bond acceptors (Lipinski definition) is 8. The van der Waals surface area contributed by atoms with Crippen molar-refractivity contribution in [3.05, 3.63) is 22.5 Å². The van der Waals surface area contributed by atoms with Crippen LogP contribution in [0.2, 0.25) is 0 Å². The molecule has 3 heterocycles. The molecule has 0 unspecified atom stereocenters. The number of nitrogens with one attached hydrogen (secondary N) is 1. The average Bonchev–Trinajstić information content (AvgIpc) is 3.14. The van der Waals surface area contributed by atoms with Crippen LogP contribution in [0, 0.1) is 13.8 Å². The number of carbonyl (C=O) groups excluding carboxylic acids is 2. The molecular weight excluding hydrogens is 402 g/mol. The van der Waals surface area contributed by atoms with Crippen LogP contribution < -0.4 is 10.2 Å². The van der Waals surface area contributed by atoms with Gasteiger partial charge in [-0.25, -0.2) is 9.97 Å². The molecular formula is C20H29N7O2S. The van der Waals surface area contributed by atoms with E-state index >= 15 is 0 Å². The summed E-state index contributed by atoms with van der Waals surface area (Å²) in [6.07, 6.45) is 0.306. The fourth-order valence-corrected chi connectivity index (χ4v) is 3.96. The lowest BCUT2D eigenvalue weighted by Crippen LogP contribution is -2.49. The van der Waals surface area contributed by atoms with Gasteiger partial charge in [0.1, 0.15) is 5.01 Å². The molecule has 2 aromatic heterocycles. The van der Waals surface area contributed by atoms with Crippen molar-refractivity contribution < 1.29 is 9.59 Å². The Morgan fingerprint density at radius 3 is 2.23 bits per heavy atom. The molecule has 1 aliphatic rings. The van der Waals surface area contributed by atoms with E-state index in [0.29, 0.717) is 37.3 Å². The highest BCUT2D eigenvalue weighted by Gasteiger charge is 2.24. The van der Waals surface area contributed by atoms with Gasteiger partial charge in [-0.1, -0.05) is 32.1 Å². The van der Waals surface area contributed by atoms with Crippen LogP contribution in [0.3, 0.4) is 0 Å². The van der Waals surface area contributed by atoms with Crippen molar-refractivity contribution in [1.82, 2.24) is 25.1 Å². The number of amides is 2. The number of piperazine rings is 1. The fraction of sp³-hybridized carbons (Fsp3) is 0.600. The average molecular weight is 432 g/mol. The summed E-state index contributed by atoms with van der Waals surface area (Å²) in [5.41, 5.74) is 1.76. The maximum Gasteiger partial charge on any atom is 0.226 e. The van der Waals surface area contributed by atoms with Crippen molar-refractivity contribution in [1.29, 1.82) is 0 Å². The molecule has 10 heteroatoms. The molecule has 0 radical (unpaired) electrons. The number of anilines is 2. The lowest BCUT2D eigenvalue weighted by molar-refractivity contribution is -0.133. The molecule has 0 bridgehead atoms. The lowest BCUT2D eigenvalue weighted by Gasteiger charge is -2.35. The van der Waals surface area contributed by atoms with E-state index in [2.05, 4.69) is 30.4 Å². The first-order valence-corrected chi connectivity index (χ1v) is 10.9. The molecule has 30 heavy (non-hydrogen) atoms. The Morgan fingerprint density at radius 1 is 1.03 bits per heavy atom. The summed E-state index contributed by atoms with van der Waals surface area (Å²) >= 11 is 1.36. The first-order chi connectivity index (χ1) is 14.1. The minimum absolute atomic E-state index is 0.0150. The molecule has 0 aromatic carbocycles. The molecule has 162 valence electrons. The van der Waals surface area contributed by atoms with Crippen molar-refractivity contribution in [3.8, 4) is 0 Å². The predicted molar refractivity (Wildman–Crippen MR) is 117 cm³/mol. The van der Waals surface area contributed by atoms with E-state index in [0.717, 1.165) is 16.4 Å². The Kier molecular flexibility index (Phi) is 6.64. The normalized spacial score (nSPS) is 14.7. The Morgan fingerprint density at radius 2 is 1.67 bits per heavy atom. The molecule has 9 nitrogen and oxygen atoms in total. The number of hydrogen-bond donors (Lipinski definition) is 1. The second kappa shape index (κ2) is 9.03. The molecule has 0 atom stereocenters. The highest BCUT2D eigenvalue weighted by Crippen LogP contribution is 2.27. The monoisotopic (exact) mass is 431 g/mol. The molecule has 1 aliphatic heterocycles. The maximum absolute atomic E-state index is 12.5. The van der Waals surface area contributed by atoms with Gasteiger partial charge in [-0.15, -0.1) is 10.2 Å². The molecule has 3 rings (SSSR count). The largest absolute Gasteiger partial charge is 0.339 e. The summed E-state index contributed by atoms with van der Waals surface area (Å²) in [5, 5.41) is 12.2. The third-order valence-corrected chi connectivity index (χ3v) is 6.03. The molecule has 1 N–H and O–H groups in total. The molecule has 0 aliphatic carbocycles. The van der Waals surface area contributed by atoms with E-state index in [1.807, 2.05) is 40.7 Å². The van der Waals surface area contributed by atoms with Gasteiger partial charge >= 0.3 is 0 Å². The van der Waals surface area contributed by atoms with E-state index in [1.54, 1.807) is 4.90 Å². The zero-order valence-electron chi connectivity index (χ0n) is 18.2. The van der Waals surface area contributed by atoms with Crippen molar-refractivity contribution in [3.63, 3.8) is 0 Å². The summed E-state index contributed by atoms with van der Waals surface area (Å²) in [6.45, 7) is 12.6. The van der Waals surface area contributed by atoms with Crippen LogP contribution in [0.25, 0.3) is 0 Å². The fourth-order valence-electron chi connectivity index (χ4n) is 3.14. The summed E-state index contributed by atoms with van der Waals surface area (Å²) in [5.74, 6) is 0.478. The van der Waals surface area contributed by atoms with Crippen LogP contribution in [0.15, 0.2) is 6.07 Å². The van der Waals surface area contributed by atoms with Gasteiger partial charge in [-0.2, -0.15) is 0 Å². The SMILES string of the molecule is Cc1cc(C)nc(N2CCN(C(=O)CCC(=O)Nc3nnc(C(C)(C)C)s3)CC2)n1. The topological polar surface area (TPSA) is 104 Å². The van der Waals surface area contributed by atoms with Gasteiger partial charge in [-0.05, 0) is 19.9 Å². The Bertz CT molecular complexity index is 894. The van der Waals surface area contributed by atoms with Gasteiger partial charge in [0.05, 0.1) is 0 Å². The number of rotatable bonds is 5. The Hall–Kier alpha value is -2.62. The van der Waals surface area contributed by atoms with Crippen LogP contribution in [-0.4, -0.2) is 63.1 Å². The first-order valence-electron chi connectivity index (χ1n) is 10.1. The Labute approximate surface area is 180 Å². The predicted octanol–water partition coefficient (Wildman–Crippen LogP) is 2.31. The quantitative estimate of drug-likeness (QED) is 0.774. The highest BCUT2D eigenvalue weighted by atomic mass is 32.1. The van der Waals surface area contributed by atoms with E-state index < -0.39 is 0 Å². The maximum atomic E-state index is 12.5. The summed E-state index contributed by atoms with van der Waals surface area (Å²) in [7, 11) is 0. The smallest absolute Gasteiger partial charge is 0.226 e. The number of nitrogens with zero attached hydrogens (tertiary/aromatic N) is 6.